The zero-order chi connectivity index (χ0) is 19.2. The van der Waals surface area contributed by atoms with Crippen LogP contribution >= 0.6 is 0 Å². The predicted molar refractivity (Wildman–Crippen MR) is 110 cm³/mol. The number of carbonyl (C=O) groups is 2. The highest BCUT2D eigenvalue weighted by atomic mass is 16.2. The molecular weight excluding hydrogens is 336 g/mol. The molecule has 3 rings (SSSR count). The van der Waals surface area contributed by atoms with Gasteiger partial charge in [-0.25, -0.2) is 0 Å². The van der Waals surface area contributed by atoms with Crippen molar-refractivity contribution < 1.29 is 9.59 Å². The van der Waals surface area contributed by atoms with Crippen molar-refractivity contribution in [2.45, 2.75) is 39.0 Å². The van der Waals surface area contributed by atoms with Crippen LogP contribution in [0.1, 0.15) is 54.9 Å². The molecule has 1 saturated heterocycles. The van der Waals surface area contributed by atoms with Gasteiger partial charge in [-0.3, -0.25) is 9.59 Å². The highest BCUT2D eigenvalue weighted by Crippen LogP contribution is 2.26. The van der Waals surface area contributed by atoms with E-state index in [9.17, 15) is 9.59 Å². The van der Waals surface area contributed by atoms with Crippen molar-refractivity contribution in [2.75, 3.05) is 13.1 Å². The molecule has 1 unspecified atom stereocenters. The van der Waals surface area contributed by atoms with Crippen LogP contribution in [0.25, 0.3) is 16.8 Å². The Balaban J connectivity index is 1.95. The standard InChI is InChI=1S/C23H28N2O2/c1-2-3-4-9-17-11-7-13-20-19(17)12-8-14-21(20)23(27)25-15-6-5-10-18(16-25)22(24)26/h4,7-9,11-14,18H,2-3,5-6,10,15-16H2,1H3,(H2,24,26)/b9-4+. The highest BCUT2D eigenvalue weighted by molar-refractivity contribution is 6.08. The molecular formula is C23H28N2O2. The van der Waals surface area contributed by atoms with Crippen molar-refractivity contribution >= 4 is 28.7 Å². The van der Waals surface area contributed by atoms with Crippen molar-refractivity contribution in [1.29, 1.82) is 0 Å². The summed E-state index contributed by atoms with van der Waals surface area (Å²) in [6, 6.07) is 12.0. The van der Waals surface area contributed by atoms with E-state index in [2.05, 4.69) is 31.2 Å². The average molecular weight is 364 g/mol. The van der Waals surface area contributed by atoms with Crippen LogP contribution in [0.5, 0.6) is 0 Å². The first-order valence-corrected chi connectivity index (χ1v) is 9.88. The van der Waals surface area contributed by atoms with Crippen molar-refractivity contribution in [2.24, 2.45) is 11.7 Å². The summed E-state index contributed by atoms with van der Waals surface area (Å²) in [5.41, 5.74) is 7.35. The highest BCUT2D eigenvalue weighted by Gasteiger charge is 2.26. The molecule has 2 aromatic rings. The molecule has 2 N–H and O–H groups in total. The number of hydrogen-bond donors (Lipinski definition) is 1. The quantitative estimate of drug-likeness (QED) is 0.856. The van der Waals surface area contributed by atoms with E-state index in [0.29, 0.717) is 18.7 Å². The van der Waals surface area contributed by atoms with Crippen LogP contribution in [0.3, 0.4) is 0 Å². The summed E-state index contributed by atoms with van der Waals surface area (Å²) in [5, 5.41) is 2.04. The van der Waals surface area contributed by atoms with Crippen molar-refractivity contribution in [3.8, 4) is 0 Å². The second kappa shape index (κ2) is 8.85. The monoisotopic (exact) mass is 364 g/mol. The van der Waals surface area contributed by atoms with Gasteiger partial charge in [-0.05, 0) is 41.7 Å². The number of amides is 2. The first-order valence-electron chi connectivity index (χ1n) is 9.88. The Labute approximate surface area is 161 Å². The summed E-state index contributed by atoms with van der Waals surface area (Å²) in [6.07, 6.45) is 9.06. The lowest BCUT2D eigenvalue weighted by atomic mass is 9.98. The maximum Gasteiger partial charge on any atom is 0.254 e. The van der Waals surface area contributed by atoms with E-state index in [-0.39, 0.29) is 17.7 Å². The largest absolute Gasteiger partial charge is 0.369 e. The van der Waals surface area contributed by atoms with Gasteiger partial charge >= 0.3 is 0 Å². The number of unbranched alkanes of at least 4 members (excludes halogenated alkanes) is 1. The molecule has 1 heterocycles. The third kappa shape index (κ3) is 4.38. The van der Waals surface area contributed by atoms with Crippen molar-refractivity contribution in [1.82, 2.24) is 4.90 Å². The smallest absolute Gasteiger partial charge is 0.254 e. The molecule has 0 spiro atoms. The van der Waals surface area contributed by atoms with Gasteiger partial charge in [0.1, 0.15) is 0 Å². The van der Waals surface area contributed by atoms with Crippen molar-refractivity contribution in [3.63, 3.8) is 0 Å². The molecule has 1 aliphatic rings. The van der Waals surface area contributed by atoms with Crippen LogP contribution in [0.4, 0.5) is 0 Å². The molecule has 1 atom stereocenters. The van der Waals surface area contributed by atoms with Gasteiger partial charge in [-0.1, -0.05) is 62.2 Å². The molecule has 0 radical (unpaired) electrons. The first kappa shape index (κ1) is 19.2. The number of benzene rings is 2. The summed E-state index contributed by atoms with van der Waals surface area (Å²) in [5.74, 6) is -0.571. The van der Waals surface area contributed by atoms with Gasteiger partial charge in [0.2, 0.25) is 5.91 Å². The molecule has 0 aliphatic carbocycles. The summed E-state index contributed by atoms with van der Waals surface area (Å²) < 4.78 is 0. The molecule has 0 bridgehead atoms. The van der Waals surface area contributed by atoms with Crippen LogP contribution in [0, 0.1) is 5.92 Å². The molecule has 4 heteroatoms. The predicted octanol–water partition coefficient (Wildman–Crippen LogP) is 4.38. The lowest BCUT2D eigenvalue weighted by Gasteiger charge is -2.24. The first-order chi connectivity index (χ1) is 13.1. The second-order valence-corrected chi connectivity index (χ2v) is 7.29. The molecule has 2 aromatic carbocycles. The van der Waals surface area contributed by atoms with Crippen LogP contribution in [0.2, 0.25) is 0 Å². The maximum absolute atomic E-state index is 13.3. The Morgan fingerprint density at radius 3 is 2.70 bits per heavy atom. The fourth-order valence-corrected chi connectivity index (χ4v) is 3.77. The van der Waals surface area contributed by atoms with E-state index in [1.165, 1.54) is 0 Å². The zero-order valence-corrected chi connectivity index (χ0v) is 16.0. The van der Waals surface area contributed by atoms with E-state index >= 15 is 0 Å². The zero-order valence-electron chi connectivity index (χ0n) is 16.0. The molecule has 1 aliphatic heterocycles. The Morgan fingerprint density at radius 2 is 1.93 bits per heavy atom. The molecule has 0 saturated carbocycles. The number of carbonyl (C=O) groups excluding carboxylic acids is 2. The number of rotatable bonds is 5. The van der Waals surface area contributed by atoms with Gasteiger partial charge in [0.15, 0.2) is 0 Å². The van der Waals surface area contributed by atoms with Gasteiger partial charge in [0.05, 0.1) is 5.92 Å². The summed E-state index contributed by atoms with van der Waals surface area (Å²) in [6.45, 7) is 3.25. The summed E-state index contributed by atoms with van der Waals surface area (Å²) in [7, 11) is 0. The number of primary amides is 1. The lowest BCUT2D eigenvalue weighted by molar-refractivity contribution is -0.122. The minimum atomic E-state index is -0.309. The maximum atomic E-state index is 13.3. The van der Waals surface area contributed by atoms with Crippen molar-refractivity contribution in [3.05, 3.63) is 53.6 Å². The number of hydrogen-bond acceptors (Lipinski definition) is 2. The van der Waals surface area contributed by atoms with Crippen LogP contribution < -0.4 is 5.73 Å². The van der Waals surface area contributed by atoms with Crippen LogP contribution in [-0.2, 0) is 4.79 Å². The Hall–Kier alpha value is -2.62. The molecule has 142 valence electrons. The van der Waals surface area contributed by atoms with Gasteiger partial charge in [0.25, 0.3) is 5.91 Å². The SMILES string of the molecule is CCC/C=C/c1cccc2c(C(=O)N3CCCCC(C(N)=O)C3)cccc12. The normalized spacial score (nSPS) is 18.0. The topological polar surface area (TPSA) is 63.4 Å². The number of fused-ring (bicyclic) bond motifs is 1. The molecule has 2 amide bonds. The Bertz CT molecular complexity index is 857. The third-order valence-corrected chi connectivity index (χ3v) is 5.30. The molecule has 1 fully saturated rings. The summed E-state index contributed by atoms with van der Waals surface area (Å²) in [4.78, 5) is 26.7. The van der Waals surface area contributed by atoms with E-state index in [4.69, 9.17) is 5.73 Å². The average Bonchev–Trinajstić information content (AvgIpc) is 2.94. The van der Waals surface area contributed by atoms with E-state index < -0.39 is 0 Å². The Morgan fingerprint density at radius 1 is 1.15 bits per heavy atom. The van der Waals surface area contributed by atoms with E-state index in [1.807, 2.05) is 24.3 Å². The molecule has 27 heavy (non-hydrogen) atoms. The van der Waals surface area contributed by atoms with Crippen LogP contribution in [0.15, 0.2) is 42.5 Å². The summed E-state index contributed by atoms with van der Waals surface area (Å²) >= 11 is 0. The van der Waals surface area contributed by atoms with Gasteiger partial charge in [-0.2, -0.15) is 0 Å². The molecule has 0 aromatic heterocycles. The fourth-order valence-electron chi connectivity index (χ4n) is 3.77. The van der Waals surface area contributed by atoms with E-state index in [0.717, 1.165) is 48.4 Å². The molecule has 4 nitrogen and oxygen atoms in total. The number of nitrogens with zero attached hydrogens (tertiary/aromatic N) is 1. The fraction of sp³-hybridized carbons (Fsp3) is 0.391. The van der Waals surface area contributed by atoms with Gasteiger partial charge < -0.3 is 10.6 Å². The minimum absolute atomic E-state index is 0.0107. The Kier molecular flexibility index (Phi) is 6.28. The second-order valence-electron chi connectivity index (χ2n) is 7.29. The number of nitrogens with two attached hydrogens (primary N) is 1. The number of likely N-dealkylation sites (tertiary alicyclic amines) is 1. The lowest BCUT2D eigenvalue weighted by Crippen LogP contribution is -2.38. The van der Waals surface area contributed by atoms with Gasteiger partial charge in [-0.15, -0.1) is 0 Å². The van der Waals surface area contributed by atoms with Gasteiger partial charge in [0, 0.05) is 18.7 Å². The minimum Gasteiger partial charge on any atom is -0.369 e. The number of allylic oxidation sites excluding steroid dienone is 1. The third-order valence-electron chi connectivity index (χ3n) is 5.30. The van der Waals surface area contributed by atoms with Crippen LogP contribution in [-0.4, -0.2) is 29.8 Å². The van der Waals surface area contributed by atoms with E-state index in [1.54, 1.807) is 4.90 Å².